The summed E-state index contributed by atoms with van der Waals surface area (Å²) < 4.78 is 54.0. The molecule has 2 N–H and O–H groups in total. The van der Waals surface area contributed by atoms with Crippen LogP contribution >= 0.6 is 0 Å². The van der Waals surface area contributed by atoms with E-state index in [2.05, 4.69) is 10.4 Å². The normalized spacial score (nSPS) is 19.5. The summed E-state index contributed by atoms with van der Waals surface area (Å²) in [5, 5.41) is 18.1. The molecule has 2 aromatic rings. The van der Waals surface area contributed by atoms with Gasteiger partial charge in [0.25, 0.3) is 0 Å². The maximum atomic E-state index is 13.5. The van der Waals surface area contributed by atoms with E-state index in [0.29, 0.717) is 38.2 Å². The van der Waals surface area contributed by atoms with Crippen LogP contribution in [-0.4, -0.2) is 57.2 Å². The number of carbonyl (C=O) groups excluding carboxylic acids is 1. The number of fused-ring (bicyclic) bond motifs is 3. The largest absolute Gasteiger partial charge is 0.419 e. The molecule has 0 fully saturated rings. The smallest absolute Gasteiger partial charge is 0.394 e. The number of alkyl halides is 3. The maximum absolute atomic E-state index is 13.5. The number of anilines is 1. The fourth-order valence-corrected chi connectivity index (χ4v) is 3.83. The van der Waals surface area contributed by atoms with Crippen LogP contribution in [-0.2, 0) is 37.1 Å². The van der Waals surface area contributed by atoms with Crippen molar-refractivity contribution in [2.24, 2.45) is 0 Å². The van der Waals surface area contributed by atoms with Crippen LogP contribution in [0, 0.1) is 5.82 Å². The Hall–Kier alpha value is -2.70. The molecule has 1 atom stereocenters. The van der Waals surface area contributed by atoms with Crippen molar-refractivity contribution in [3.8, 4) is 0 Å². The highest BCUT2D eigenvalue weighted by atomic mass is 19.4. The lowest BCUT2D eigenvalue weighted by atomic mass is 10.1. The van der Waals surface area contributed by atoms with Crippen molar-refractivity contribution in [1.82, 2.24) is 19.7 Å². The zero-order chi connectivity index (χ0) is 22.3. The fraction of sp³-hybridized carbons (Fsp3) is 0.474. The molecule has 0 bridgehead atoms. The highest BCUT2D eigenvalue weighted by molar-refractivity contribution is 5.89. The number of urea groups is 1. The minimum absolute atomic E-state index is 0.141. The summed E-state index contributed by atoms with van der Waals surface area (Å²) >= 11 is 0. The summed E-state index contributed by atoms with van der Waals surface area (Å²) in [6.45, 7) is 1.16. The van der Waals surface area contributed by atoms with Crippen LogP contribution in [0.25, 0.3) is 0 Å². The Bertz CT molecular complexity index is 994. The van der Waals surface area contributed by atoms with Crippen molar-refractivity contribution >= 4 is 11.7 Å². The topological polar surface area (TPSA) is 82.9 Å². The molecule has 8 nitrogen and oxygen atoms in total. The molecule has 1 aromatic heterocycles. The van der Waals surface area contributed by atoms with Gasteiger partial charge in [-0.1, -0.05) is 0 Å². The lowest BCUT2D eigenvalue weighted by Gasteiger charge is -2.27. The average molecular weight is 443 g/mol. The predicted molar refractivity (Wildman–Crippen MR) is 100 cm³/mol. The van der Waals surface area contributed by atoms with Gasteiger partial charge in [-0.2, -0.15) is 23.3 Å². The molecule has 2 aliphatic rings. The summed E-state index contributed by atoms with van der Waals surface area (Å²) in [5.41, 5.74) is 0.969. The van der Waals surface area contributed by atoms with Gasteiger partial charge in [-0.25, -0.2) is 9.18 Å². The highest BCUT2D eigenvalue weighted by Crippen LogP contribution is 2.33. The first kappa shape index (κ1) is 21.5. The number of rotatable bonds is 2. The summed E-state index contributed by atoms with van der Waals surface area (Å²) in [5.74, 6) is -1.40. The van der Waals surface area contributed by atoms with Gasteiger partial charge in [0, 0.05) is 31.3 Å². The first-order chi connectivity index (χ1) is 14.7. The van der Waals surface area contributed by atoms with Crippen LogP contribution in [0.5, 0.6) is 0 Å². The summed E-state index contributed by atoms with van der Waals surface area (Å²) in [6, 6.07) is 1.76. The molecule has 0 spiro atoms. The molecule has 0 unspecified atom stereocenters. The molecule has 0 saturated heterocycles. The molecular weight excluding hydrogens is 422 g/mol. The molecule has 4 rings (SSSR count). The van der Waals surface area contributed by atoms with Gasteiger partial charge >= 0.3 is 12.2 Å². The van der Waals surface area contributed by atoms with E-state index in [1.807, 2.05) is 0 Å². The molecular formula is C19H21F4N5O3. The predicted octanol–water partition coefficient (Wildman–Crippen LogP) is 2.37. The number of halogens is 4. The molecule has 0 saturated carbocycles. The Morgan fingerprint density at radius 1 is 1.35 bits per heavy atom. The number of nitrogens with zero attached hydrogens (tertiary/aromatic N) is 4. The summed E-state index contributed by atoms with van der Waals surface area (Å²) in [7, 11) is 1.73. The molecule has 168 valence electrons. The van der Waals surface area contributed by atoms with Crippen LogP contribution < -0.4 is 5.32 Å². The Kier molecular flexibility index (Phi) is 5.62. The fourth-order valence-electron chi connectivity index (χ4n) is 3.83. The monoisotopic (exact) mass is 443 g/mol. The van der Waals surface area contributed by atoms with E-state index in [4.69, 9.17) is 4.84 Å². The first-order valence-corrected chi connectivity index (χ1v) is 9.64. The molecule has 0 aliphatic carbocycles. The number of nitrogens with one attached hydrogen (secondary N) is 1. The number of aliphatic hydroxyl groups is 1. The van der Waals surface area contributed by atoms with E-state index in [1.54, 1.807) is 16.8 Å². The third-order valence-corrected chi connectivity index (χ3v) is 5.31. The van der Waals surface area contributed by atoms with Gasteiger partial charge in [0.05, 0.1) is 43.2 Å². The van der Waals surface area contributed by atoms with E-state index >= 15 is 0 Å². The van der Waals surface area contributed by atoms with E-state index in [9.17, 15) is 27.5 Å². The second kappa shape index (κ2) is 8.09. The number of hydrogen-bond acceptors (Lipinski definition) is 5. The highest BCUT2D eigenvalue weighted by Gasteiger charge is 2.35. The minimum atomic E-state index is -4.86. The average Bonchev–Trinajstić information content (AvgIpc) is 2.94. The van der Waals surface area contributed by atoms with Crippen molar-refractivity contribution in [2.45, 2.75) is 38.3 Å². The van der Waals surface area contributed by atoms with Crippen molar-refractivity contribution in [2.75, 3.05) is 25.5 Å². The van der Waals surface area contributed by atoms with Crippen molar-refractivity contribution in [3.05, 3.63) is 46.5 Å². The number of hydroxylamine groups is 2. The van der Waals surface area contributed by atoms with Crippen LogP contribution in [0.1, 0.15) is 22.5 Å². The maximum Gasteiger partial charge on any atom is 0.419 e. The number of aliphatic hydroxyl groups excluding tert-OH is 1. The lowest BCUT2D eigenvalue weighted by molar-refractivity contribution is -0.194. The summed E-state index contributed by atoms with van der Waals surface area (Å²) in [6.07, 6.45) is -4.82. The summed E-state index contributed by atoms with van der Waals surface area (Å²) in [4.78, 5) is 19.8. The lowest BCUT2D eigenvalue weighted by Crippen LogP contribution is -2.39. The van der Waals surface area contributed by atoms with Gasteiger partial charge in [-0.05, 0) is 18.2 Å². The SMILES string of the molecule is CN1Cc2c3c(nn2C[C@@H](CO)O1)CCN(C(=O)Nc1ccc(F)c(C(F)(F)F)c1)C3. The van der Waals surface area contributed by atoms with Crippen LogP contribution in [0.4, 0.5) is 28.0 Å². The van der Waals surface area contributed by atoms with Gasteiger partial charge in [0.2, 0.25) is 0 Å². The van der Waals surface area contributed by atoms with Gasteiger partial charge in [0.15, 0.2) is 0 Å². The van der Waals surface area contributed by atoms with E-state index in [0.717, 1.165) is 23.0 Å². The number of hydrogen-bond donors (Lipinski definition) is 2. The number of amides is 2. The Morgan fingerprint density at radius 3 is 2.84 bits per heavy atom. The molecule has 1 aromatic carbocycles. The van der Waals surface area contributed by atoms with E-state index in [-0.39, 0.29) is 18.8 Å². The Labute approximate surface area is 174 Å². The van der Waals surface area contributed by atoms with Crippen LogP contribution in [0.2, 0.25) is 0 Å². The van der Waals surface area contributed by atoms with Crippen molar-refractivity contribution < 1.29 is 32.3 Å². The molecule has 31 heavy (non-hydrogen) atoms. The van der Waals surface area contributed by atoms with Gasteiger partial charge in [-0.15, -0.1) is 0 Å². The van der Waals surface area contributed by atoms with Crippen LogP contribution in [0.15, 0.2) is 18.2 Å². The quantitative estimate of drug-likeness (QED) is 0.697. The van der Waals surface area contributed by atoms with E-state index < -0.39 is 29.7 Å². The third kappa shape index (κ3) is 4.36. The second-order valence-electron chi connectivity index (χ2n) is 7.54. The zero-order valence-corrected chi connectivity index (χ0v) is 16.6. The number of carbonyl (C=O) groups is 1. The molecule has 2 amide bonds. The third-order valence-electron chi connectivity index (χ3n) is 5.31. The van der Waals surface area contributed by atoms with Crippen molar-refractivity contribution in [1.29, 1.82) is 0 Å². The number of aromatic nitrogens is 2. The van der Waals surface area contributed by atoms with Gasteiger partial charge in [-0.3, -0.25) is 9.52 Å². The Morgan fingerprint density at radius 2 is 2.13 bits per heavy atom. The molecule has 12 heteroatoms. The standard InChI is InChI=1S/C19H21F4N5O3/c1-26-9-17-13-8-27(5-4-16(13)25-28(17)7-12(10-29)31-26)18(30)24-11-2-3-15(20)14(6-11)19(21,22)23/h2-3,6,12,29H,4-5,7-10H2,1H3,(H,24,30)/t12-/m0/s1. The second-order valence-corrected chi connectivity index (χ2v) is 7.54. The zero-order valence-electron chi connectivity index (χ0n) is 16.6. The molecule has 0 radical (unpaired) electrons. The first-order valence-electron chi connectivity index (χ1n) is 9.64. The number of benzene rings is 1. The van der Waals surface area contributed by atoms with E-state index in [1.165, 1.54) is 4.90 Å². The van der Waals surface area contributed by atoms with Crippen molar-refractivity contribution in [3.63, 3.8) is 0 Å². The Balaban J connectivity index is 1.52. The molecule has 3 heterocycles. The molecule has 2 aliphatic heterocycles. The van der Waals surface area contributed by atoms with Gasteiger partial charge in [0.1, 0.15) is 11.9 Å². The van der Waals surface area contributed by atoms with Crippen LogP contribution in [0.3, 0.4) is 0 Å². The minimum Gasteiger partial charge on any atom is -0.394 e. The van der Waals surface area contributed by atoms with Gasteiger partial charge < -0.3 is 15.3 Å².